The third-order valence-corrected chi connectivity index (χ3v) is 2.78. The molecule has 0 aliphatic carbocycles. The summed E-state index contributed by atoms with van der Waals surface area (Å²) < 4.78 is 37.4. The number of methoxy groups -OCH3 is 2. The van der Waals surface area contributed by atoms with Gasteiger partial charge in [-0.25, -0.2) is 8.78 Å². The topological polar surface area (TPSA) is 56.5 Å². The van der Waals surface area contributed by atoms with Gasteiger partial charge in [-0.2, -0.15) is 0 Å². The van der Waals surface area contributed by atoms with E-state index in [0.717, 1.165) is 12.1 Å². The number of hydrogen-bond donors (Lipinski definition) is 2. The van der Waals surface area contributed by atoms with Gasteiger partial charge in [0.05, 0.1) is 25.6 Å². The Hall–Kier alpha value is -2.50. The maximum atomic E-state index is 13.6. The fourth-order valence-corrected chi connectivity index (χ4v) is 1.75. The van der Waals surface area contributed by atoms with Gasteiger partial charge in [0, 0.05) is 12.1 Å². The van der Waals surface area contributed by atoms with Crippen LogP contribution in [0.25, 0.3) is 0 Å². The van der Waals surface area contributed by atoms with Crippen molar-refractivity contribution in [3.63, 3.8) is 0 Å². The average molecular weight is 280 g/mol. The highest BCUT2D eigenvalue weighted by Gasteiger charge is 2.13. The second-order valence-corrected chi connectivity index (χ2v) is 4.02. The summed E-state index contributed by atoms with van der Waals surface area (Å²) in [5.41, 5.74) is 6.16. The molecule has 3 N–H and O–H groups in total. The normalized spacial score (nSPS) is 10.2. The predicted molar refractivity (Wildman–Crippen MR) is 73.6 cm³/mol. The van der Waals surface area contributed by atoms with Gasteiger partial charge in [0.1, 0.15) is 17.3 Å². The smallest absolute Gasteiger partial charge is 0.162 e. The monoisotopic (exact) mass is 280 g/mol. The van der Waals surface area contributed by atoms with Crippen LogP contribution in [0, 0.1) is 11.6 Å². The maximum Gasteiger partial charge on any atom is 0.162 e. The minimum absolute atomic E-state index is 0.272. The average Bonchev–Trinajstić information content (AvgIpc) is 2.44. The van der Waals surface area contributed by atoms with E-state index in [1.54, 1.807) is 0 Å². The van der Waals surface area contributed by atoms with Crippen LogP contribution in [0.2, 0.25) is 0 Å². The highest BCUT2D eigenvalue weighted by molar-refractivity contribution is 5.77. The van der Waals surface area contributed by atoms with E-state index in [9.17, 15) is 8.78 Å². The van der Waals surface area contributed by atoms with E-state index >= 15 is 0 Å². The van der Waals surface area contributed by atoms with E-state index in [2.05, 4.69) is 5.32 Å². The van der Waals surface area contributed by atoms with E-state index in [4.69, 9.17) is 15.2 Å². The van der Waals surface area contributed by atoms with Crippen molar-refractivity contribution in [3.05, 3.63) is 42.0 Å². The third-order valence-electron chi connectivity index (χ3n) is 2.78. The third kappa shape index (κ3) is 2.59. The molecular weight excluding hydrogens is 266 g/mol. The zero-order chi connectivity index (χ0) is 14.7. The minimum Gasteiger partial charge on any atom is -0.493 e. The van der Waals surface area contributed by atoms with E-state index < -0.39 is 11.6 Å². The van der Waals surface area contributed by atoms with E-state index in [-0.39, 0.29) is 11.4 Å². The van der Waals surface area contributed by atoms with Gasteiger partial charge in [-0.15, -0.1) is 0 Å². The molecule has 0 bridgehead atoms. The molecule has 0 saturated heterocycles. The summed E-state index contributed by atoms with van der Waals surface area (Å²) in [5.74, 6) is -0.580. The molecule has 0 heterocycles. The lowest BCUT2D eigenvalue weighted by molar-refractivity contribution is 0.355. The first-order valence-corrected chi connectivity index (χ1v) is 5.79. The summed E-state index contributed by atoms with van der Waals surface area (Å²) in [5, 5.41) is 2.62. The van der Waals surface area contributed by atoms with Gasteiger partial charge in [-0.1, -0.05) is 6.07 Å². The summed E-state index contributed by atoms with van der Waals surface area (Å²) in [4.78, 5) is 0. The summed E-state index contributed by atoms with van der Waals surface area (Å²) in [6, 6.07) is 6.62. The summed E-state index contributed by atoms with van der Waals surface area (Å²) in [6.45, 7) is 0. The highest BCUT2D eigenvalue weighted by Crippen LogP contribution is 2.36. The highest BCUT2D eigenvalue weighted by atomic mass is 19.1. The zero-order valence-electron chi connectivity index (χ0n) is 11.0. The van der Waals surface area contributed by atoms with Crippen LogP contribution in [0.1, 0.15) is 0 Å². The van der Waals surface area contributed by atoms with Crippen LogP contribution in [0.15, 0.2) is 30.3 Å². The first-order chi connectivity index (χ1) is 9.56. The van der Waals surface area contributed by atoms with Crippen molar-refractivity contribution >= 4 is 17.1 Å². The number of ether oxygens (including phenoxy) is 2. The minimum atomic E-state index is -0.709. The summed E-state index contributed by atoms with van der Waals surface area (Å²) in [6.07, 6.45) is 0. The van der Waals surface area contributed by atoms with Crippen molar-refractivity contribution in [2.45, 2.75) is 0 Å². The second kappa shape index (κ2) is 5.64. The Bertz CT molecular complexity index is 613. The van der Waals surface area contributed by atoms with Crippen molar-refractivity contribution < 1.29 is 18.3 Å². The molecule has 2 aromatic rings. The number of nitrogen functional groups attached to an aromatic ring is 1. The Morgan fingerprint density at radius 1 is 1.00 bits per heavy atom. The Labute approximate surface area is 115 Å². The molecule has 0 saturated carbocycles. The van der Waals surface area contributed by atoms with Crippen molar-refractivity contribution in [3.8, 4) is 11.5 Å². The van der Waals surface area contributed by atoms with Gasteiger partial charge in [-0.05, 0) is 12.1 Å². The maximum absolute atomic E-state index is 13.6. The lowest BCUT2D eigenvalue weighted by Crippen LogP contribution is -2.02. The molecule has 0 aliphatic heterocycles. The number of nitrogens with two attached hydrogens (primary N) is 1. The van der Waals surface area contributed by atoms with Crippen molar-refractivity contribution in [1.82, 2.24) is 0 Å². The lowest BCUT2D eigenvalue weighted by atomic mass is 10.2. The first-order valence-electron chi connectivity index (χ1n) is 5.79. The molecule has 2 aromatic carbocycles. The second-order valence-electron chi connectivity index (χ2n) is 4.02. The van der Waals surface area contributed by atoms with Crippen LogP contribution in [0.5, 0.6) is 11.5 Å². The Balaban J connectivity index is 2.44. The molecule has 106 valence electrons. The fourth-order valence-electron chi connectivity index (χ4n) is 1.75. The van der Waals surface area contributed by atoms with Crippen LogP contribution in [0.3, 0.4) is 0 Å². The van der Waals surface area contributed by atoms with Crippen molar-refractivity contribution in [2.75, 3.05) is 25.3 Å². The molecule has 0 fully saturated rings. The molecule has 4 nitrogen and oxygen atoms in total. The molecule has 0 aliphatic rings. The standard InChI is InChI=1S/C14H14F2N2O2/c1-19-12-6-10(17)11(7-13(12)20-2)18-14-8(15)4-3-5-9(14)16/h3-7,18H,17H2,1-2H3. The van der Waals surface area contributed by atoms with Gasteiger partial charge in [-0.3, -0.25) is 0 Å². The van der Waals surface area contributed by atoms with Gasteiger partial charge >= 0.3 is 0 Å². The van der Waals surface area contributed by atoms with E-state index in [1.807, 2.05) is 0 Å². The molecule has 0 spiro atoms. The fraction of sp³-hybridized carbons (Fsp3) is 0.143. The Morgan fingerprint density at radius 2 is 1.55 bits per heavy atom. The molecule has 0 aromatic heterocycles. The number of hydrogen-bond acceptors (Lipinski definition) is 4. The number of nitrogens with one attached hydrogen (secondary N) is 1. The van der Waals surface area contributed by atoms with Crippen LogP contribution >= 0.6 is 0 Å². The first kappa shape index (κ1) is 13.9. The van der Waals surface area contributed by atoms with Gasteiger partial charge < -0.3 is 20.5 Å². The molecule has 2 rings (SSSR count). The number of rotatable bonds is 4. The number of benzene rings is 2. The Morgan fingerprint density at radius 3 is 2.10 bits per heavy atom. The van der Waals surface area contributed by atoms with Gasteiger partial charge in [0.25, 0.3) is 0 Å². The van der Waals surface area contributed by atoms with E-state index in [0.29, 0.717) is 17.2 Å². The lowest BCUT2D eigenvalue weighted by Gasteiger charge is -2.14. The van der Waals surface area contributed by atoms with E-state index in [1.165, 1.54) is 32.4 Å². The zero-order valence-corrected chi connectivity index (χ0v) is 11.0. The predicted octanol–water partition coefficient (Wildman–Crippen LogP) is 3.31. The molecular formula is C14H14F2N2O2. The van der Waals surface area contributed by atoms with Gasteiger partial charge in [0.2, 0.25) is 0 Å². The number of para-hydroxylation sites is 1. The molecule has 0 unspecified atom stereocenters. The number of anilines is 3. The number of halogens is 2. The van der Waals surface area contributed by atoms with Crippen LogP contribution < -0.4 is 20.5 Å². The van der Waals surface area contributed by atoms with Gasteiger partial charge in [0.15, 0.2) is 11.5 Å². The molecule has 6 heteroatoms. The van der Waals surface area contributed by atoms with Crippen LogP contribution in [-0.2, 0) is 0 Å². The van der Waals surface area contributed by atoms with Crippen LogP contribution in [-0.4, -0.2) is 14.2 Å². The van der Waals surface area contributed by atoms with Crippen molar-refractivity contribution in [2.24, 2.45) is 0 Å². The quantitative estimate of drug-likeness (QED) is 0.844. The molecule has 0 radical (unpaired) electrons. The van der Waals surface area contributed by atoms with Crippen molar-refractivity contribution in [1.29, 1.82) is 0 Å². The summed E-state index contributed by atoms with van der Waals surface area (Å²) >= 11 is 0. The summed E-state index contributed by atoms with van der Waals surface area (Å²) in [7, 11) is 2.93. The SMILES string of the molecule is COc1cc(N)c(Nc2c(F)cccc2F)cc1OC. The largest absolute Gasteiger partial charge is 0.493 e. The Kier molecular flexibility index (Phi) is 3.93. The molecule has 0 atom stereocenters. The molecule has 0 amide bonds. The van der Waals surface area contributed by atoms with Crippen LogP contribution in [0.4, 0.5) is 25.8 Å². The molecule has 20 heavy (non-hydrogen) atoms.